The van der Waals surface area contributed by atoms with E-state index in [1.807, 2.05) is 20.2 Å². The minimum Gasteiger partial charge on any atom is -0.493 e. The van der Waals surface area contributed by atoms with Gasteiger partial charge in [-0.05, 0) is 25.7 Å². The number of carbonyl (C=O) groups excluding carboxylic acids is 1. The molecule has 0 fully saturated rings. The molecule has 0 spiro atoms. The van der Waals surface area contributed by atoms with E-state index in [1.54, 1.807) is 7.11 Å². The fourth-order valence-electron chi connectivity index (χ4n) is 2.36. The van der Waals surface area contributed by atoms with E-state index in [4.69, 9.17) is 14.2 Å². The summed E-state index contributed by atoms with van der Waals surface area (Å²) in [7, 11) is 8.63. The van der Waals surface area contributed by atoms with Gasteiger partial charge in [0.15, 0.2) is 11.5 Å². The molecule has 2 rings (SSSR count). The second-order valence-corrected chi connectivity index (χ2v) is 5.94. The molecule has 1 aromatic rings. The number of ether oxygens (including phenoxy) is 3. The number of thioether (sulfide) groups is 1. The van der Waals surface area contributed by atoms with Crippen molar-refractivity contribution >= 4 is 16.9 Å². The average Bonchev–Trinajstić information content (AvgIpc) is 2.72. The molecule has 0 radical (unpaired) electrons. The van der Waals surface area contributed by atoms with Crippen molar-refractivity contribution in [3.05, 3.63) is 17.2 Å². The van der Waals surface area contributed by atoms with Gasteiger partial charge in [-0.15, -0.1) is 0 Å². The third kappa shape index (κ3) is 2.45. The van der Waals surface area contributed by atoms with Crippen LogP contribution in [0.1, 0.15) is 21.2 Å². The number of hydrogen-bond donors (Lipinski definition) is 0. The predicted molar refractivity (Wildman–Crippen MR) is 79.3 cm³/mol. The third-order valence-corrected chi connectivity index (χ3v) is 4.30. The normalized spacial score (nSPS) is 17.3. The van der Waals surface area contributed by atoms with E-state index in [0.29, 0.717) is 22.8 Å². The highest BCUT2D eigenvalue weighted by Crippen LogP contribution is 2.52. The lowest BCUT2D eigenvalue weighted by Crippen LogP contribution is -2.17. The van der Waals surface area contributed by atoms with Crippen LogP contribution >= 0.6 is 11.8 Å². The lowest BCUT2D eigenvalue weighted by molar-refractivity contribution is 0.108. The Morgan fingerprint density at radius 2 is 1.80 bits per heavy atom. The van der Waals surface area contributed by atoms with Crippen LogP contribution < -0.4 is 14.2 Å². The van der Waals surface area contributed by atoms with Gasteiger partial charge in [0.05, 0.1) is 32.1 Å². The minimum absolute atomic E-state index is 0.0182. The number of rotatable bonds is 5. The fraction of sp³-hybridized carbons (Fsp3) is 0.500. The van der Waals surface area contributed by atoms with Crippen LogP contribution in [-0.2, 0) is 0 Å². The van der Waals surface area contributed by atoms with E-state index in [1.165, 1.54) is 26.0 Å². The van der Waals surface area contributed by atoms with E-state index >= 15 is 0 Å². The summed E-state index contributed by atoms with van der Waals surface area (Å²) >= 11 is 1.32. The zero-order chi connectivity index (χ0) is 14.9. The van der Waals surface area contributed by atoms with Crippen molar-refractivity contribution in [2.45, 2.75) is 5.25 Å². The Morgan fingerprint density at radius 3 is 2.30 bits per heavy atom. The summed E-state index contributed by atoms with van der Waals surface area (Å²) in [5.41, 5.74) is 1.55. The summed E-state index contributed by atoms with van der Waals surface area (Å²) in [5, 5.41) is 0.103. The van der Waals surface area contributed by atoms with Crippen LogP contribution in [0.15, 0.2) is 6.07 Å². The summed E-state index contributed by atoms with van der Waals surface area (Å²) in [6.07, 6.45) is 0. The Bertz CT molecular complexity index is 530. The number of hydrogen-bond acceptors (Lipinski definition) is 6. The zero-order valence-electron chi connectivity index (χ0n) is 12.4. The molecule has 1 unspecified atom stereocenters. The first kappa shape index (κ1) is 15.0. The van der Waals surface area contributed by atoms with Gasteiger partial charge in [-0.2, -0.15) is 0 Å². The van der Waals surface area contributed by atoms with Gasteiger partial charge in [0.2, 0.25) is 10.9 Å². The van der Waals surface area contributed by atoms with Crippen molar-refractivity contribution in [3.8, 4) is 17.2 Å². The van der Waals surface area contributed by atoms with Gasteiger partial charge in [-0.25, -0.2) is 0 Å². The zero-order valence-corrected chi connectivity index (χ0v) is 13.2. The number of methoxy groups -OCH3 is 3. The second-order valence-electron chi connectivity index (χ2n) is 4.77. The number of fused-ring (bicyclic) bond motifs is 1. The van der Waals surface area contributed by atoms with Crippen LogP contribution in [-0.4, -0.2) is 52.0 Å². The van der Waals surface area contributed by atoms with Crippen molar-refractivity contribution in [2.75, 3.05) is 42.0 Å². The number of likely N-dealkylation sites (N-methyl/N-ethyl adjacent to an activating group) is 1. The highest BCUT2D eigenvalue weighted by Gasteiger charge is 2.36. The number of nitrogens with zero attached hydrogens (tertiary/aromatic N) is 1. The summed E-state index contributed by atoms with van der Waals surface area (Å²) < 4.78 is 16.1. The molecule has 1 aliphatic heterocycles. The summed E-state index contributed by atoms with van der Waals surface area (Å²) in [6, 6.07) is 1.88. The molecule has 0 aliphatic carbocycles. The molecule has 0 bridgehead atoms. The smallest absolute Gasteiger partial charge is 0.224 e. The second kappa shape index (κ2) is 5.93. The quantitative estimate of drug-likeness (QED) is 0.830. The largest absolute Gasteiger partial charge is 0.493 e. The predicted octanol–water partition coefficient (Wildman–Crippen LogP) is 2.20. The molecule has 0 saturated heterocycles. The maximum Gasteiger partial charge on any atom is 0.224 e. The Kier molecular flexibility index (Phi) is 4.45. The van der Waals surface area contributed by atoms with Crippen LogP contribution in [0.5, 0.6) is 17.2 Å². The molecule has 110 valence electrons. The molecule has 0 saturated carbocycles. The maximum absolute atomic E-state index is 12.3. The molecule has 20 heavy (non-hydrogen) atoms. The van der Waals surface area contributed by atoms with Gasteiger partial charge in [0.25, 0.3) is 0 Å². The average molecular weight is 297 g/mol. The Morgan fingerprint density at radius 1 is 1.15 bits per heavy atom. The monoisotopic (exact) mass is 297 g/mol. The molecule has 1 atom stereocenters. The molecule has 5 nitrogen and oxygen atoms in total. The number of benzene rings is 1. The molecule has 1 aromatic carbocycles. The SMILES string of the molecule is COc1cc2c(c(OC)c1OC)C(=O)SC2CN(C)C. The van der Waals surface area contributed by atoms with E-state index < -0.39 is 0 Å². The topological polar surface area (TPSA) is 48.0 Å². The fourth-order valence-corrected chi connectivity index (χ4v) is 3.63. The van der Waals surface area contributed by atoms with Crippen molar-refractivity contribution in [2.24, 2.45) is 0 Å². The Hall–Kier alpha value is -1.40. The molecule has 0 amide bonds. The first-order valence-electron chi connectivity index (χ1n) is 6.22. The minimum atomic E-state index is 0.0182. The first-order valence-corrected chi connectivity index (χ1v) is 7.10. The number of carbonyl (C=O) groups is 1. The van der Waals surface area contributed by atoms with Gasteiger partial charge in [0, 0.05) is 6.54 Å². The van der Waals surface area contributed by atoms with E-state index in [0.717, 1.165) is 12.1 Å². The van der Waals surface area contributed by atoms with Gasteiger partial charge in [-0.3, -0.25) is 4.79 Å². The van der Waals surface area contributed by atoms with Gasteiger partial charge >= 0.3 is 0 Å². The third-order valence-electron chi connectivity index (χ3n) is 3.19. The van der Waals surface area contributed by atoms with Gasteiger partial charge in [-0.1, -0.05) is 11.8 Å². The molecular formula is C14H19NO4S. The summed E-state index contributed by atoms with van der Waals surface area (Å²) in [6.45, 7) is 0.780. The van der Waals surface area contributed by atoms with E-state index in [9.17, 15) is 4.79 Å². The summed E-state index contributed by atoms with van der Waals surface area (Å²) in [5.74, 6) is 1.51. The molecule has 1 aliphatic rings. The van der Waals surface area contributed by atoms with Gasteiger partial charge < -0.3 is 19.1 Å². The Labute approximate surface area is 123 Å². The van der Waals surface area contributed by atoms with E-state index in [-0.39, 0.29) is 10.4 Å². The molecule has 1 heterocycles. The van der Waals surface area contributed by atoms with Crippen LogP contribution in [0.2, 0.25) is 0 Å². The maximum atomic E-state index is 12.3. The van der Waals surface area contributed by atoms with Crippen molar-refractivity contribution in [1.29, 1.82) is 0 Å². The van der Waals surface area contributed by atoms with Crippen LogP contribution in [0, 0.1) is 0 Å². The Balaban J connectivity index is 2.60. The molecule has 6 heteroatoms. The summed E-state index contributed by atoms with van der Waals surface area (Å²) in [4.78, 5) is 14.3. The van der Waals surface area contributed by atoms with Crippen LogP contribution in [0.25, 0.3) is 0 Å². The standard InChI is InChI=1S/C14H19NO4S/c1-15(2)7-10-8-6-9(17-3)12(18-4)13(19-5)11(8)14(16)20-10/h6,10H,7H2,1-5H3. The lowest BCUT2D eigenvalue weighted by Gasteiger charge is -2.18. The molecular weight excluding hydrogens is 278 g/mol. The van der Waals surface area contributed by atoms with Crippen molar-refractivity contribution in [1.82, 2.24) is 4.90 Å². The highest BCUT2D eigenvalue weighted by atomic mass is 32.2. The van der Waals surface area contributed by atoms with Crippen LogP contribution in [0.4, 0.5) is 0 Å². The van der Waals surface area contributed by atoms with Crippen LogP contribution in [0.3, 0.4) is 0 Å². The van der Waals surface area contributed by atoms with Gasteiger partial charge in [0.1, 0.15) is 0 Å². The van der Waals surface area contributed by atoms with E-state index in [2.05, 4.69) is 4.90 Å². The lowest BCUT2D eigenvalue weighted by atomic mass is 10.0. The van der Waals surface area contributed by atoms with Crippen molar-refractivity contribution < 1.29 is 19.0 Å². The van der Waals surface area contributed by atoms with Crippen molar-refractivity contribution in [3.63, 3.8) is 0 Å². The first-order chi connectivity index (χ1) is 9.53. The highest BCUT2D eigenvalue weighted by molar-refractivity contribution is 8.14. The molecule has 0 N–H and O–H groups in total. The molecule has 0 aromatic heterocycles.